The van der Waals surface area contributed by atoms with Gasteiger partial charge in [0, 0.05) is 11.1 Å². The lowest BCUT2D eigenvalue weighted by Crippen LogP contribution is -2.09. The second-order valence-corrected chi connectivity index (χ2v) is 8.71. The summed E-state index contributed by atoms with van der Waals surface area (Å²) in [5, 5.41) is 18.7. The highest BCUT2D eigenvalue weighted by atomic mass is 16.4. The van der Waals surface area contributed by atoms with Crippen LogP contribution in [0.15, 0.2) is 106 Å². The molecule has 0 aliphatic heterocycles. The van der Waals surface area contributed by atoms with Gasteiger partial charge in [-0.15, -0.1) is 0 Å². The number of ketones is 1. The number of carboxylic acid groups (broad SMARTS) is 2. The first-order chi connectivity index (χ1) is 18.2. The average molecular weight is 509 g/mol. The maximum atomic E-state index is 12.3. The molecule has 0 saturated carbocycles. The van der Waals surface area contributed by atoms with Crippen molar-refractivity contribution in [3.63, 3.8) is 0 Å². The number of para-hydroxylation sites is 1. The number of carboxylic acids is 2. The van der Waals surface area contributed by atoms with Crippen molar-refractivity contribution < 1.29 is 29.0 Å². The summed E-state index contributed by atoms with van der Waals surface area (Å²) in [6.07, 6.45) is -0.109. The highest BCUT2D eigenvalue weighted by Crippen LogP contribution is 2.20. The van der Waals surface area contributed by atoms with Crippen LogP contribution in [0.25, 0.3) is 21.9 Å². The van der Waals surface area contributed by atoms with E-state index in [1.54, 1.807) is 97.9 Å². The number of fused-ring (bicyclic) bond motifs is 2. The third-order valence-electron chi connectivity index (χ3n) is 6.05. The molecule has 5 rings (SSSR count). The van der Waals surface area contributed by atoms with Gasteiger partial charge >= 0.3 is 11.9 Å². The van der Waals surface area contributed by atoms with Crippen LogP contribution in [0.1, 0.15) is 39.9 Å². The molecule has 7 nitrogen and oxygen atoms in total. The molecule has 1 aromatic heterocycles. The molecule has 2 N–H and O–H groups in total. The van der Waals surface area contributed by atoms with E-state index in [0.717, 1.165) is 0 Å². The summed E-state index contributed by atoms with van der Waals surface area (Å²) < 4.78 is 5.64. The van der Waals surface area contributed by atoms with Crippen molar-refractivity contribution in [2.75, 3.05) is 0 Å². The van der Waals surface area contributed by atoms with Gasteiger partial charge in [0.2, 0.25) is 5.43 Å². The van der Waals surface area contributed by atoms with E-state index >= 15 is 0 Å². The fraction of sp³-hybridized carbons (Fsp3) is 0.0968. The van der Waals surface area contributed by atoms with E-state index < -0.39 is 17.9 Å². The first-order valence-corrected chi connectivity index (χ1v) is 11.8. The van der Waals surface area contributed by atoms with Gasteiger partial charge in [0.05, 0.1) is 23.1 Å². The maximum Gasteiger partial charge on any atom is 0.310 e. The highest BCUT2D eigenvalue weighted by Gasteiger charge is 2.16. The largest absolute Gasteiger partial charge is 0.481 e. The minimum absolute atomic E-state index is 0.0972. The minimum atomic E-state index is -0.926. The van der Waals surface area contributed by atoms with E-state index in [2.05, 4.69) is 0 Å². The lowest BCUT2D eigenvalue weighted by molar-refractivity contribution is -0.138. The topological polar surface area (TPSA) is 122 Å². The molecule has 0 aliphatic rings. The zero-order valence-corrected chi connectivity index (χ0v) is 20.5. The first kappa shape index (κ1) is 26.0. The van der Waals surface area contributed by atoms with E-state index in [0.29, 0.717) is 44.2 Å². The predicted molar refractivity (Wildman–Crippen MR) is 144 cm³/mol. The number of carbonyl (C=O) groups excluding carboxylic acids is 1. The SMILES string of the molecule is CC(C(=O)O)c1cccc(C(=O)c2ccccc2)c1.O=C(O)Cc1ccc2oc3ccccc3c(=O)c2c1. The molecule has 1 unspecified atom stereocenters. The fourth-order valence-corrected chi connectivity index (χ4v) is 3.98. The Bertz CT molecular complexity index is 1700. The van der Waals surface area contributed by atoms with Gasteiger partial charge in [-0.25, -0.2) is 0 Å². The molecular formula is C31H24O7. The normalized spacial score (nSPS) is 11.4. The van der Waals surface area contributed by atoms with Gasteiger partial charge in [0.15, 0.2) is 5.78 Å². The van der Waals surface area contributed by atoms with Gasteiger partial charge < -0.3 is 14.6 Å². The minimum Gasteiger partial charge on any atom is -0.481 e. The van der Waals surface area contributed by atoms with Crippen molar-refractivity contribution >= 4 is 39.7 Å². The lowest BCUT2D eigenvalue weighted by Gasteiger charge is -2.08. The Morgan fingerprint density at radius 2 is 1.39 bits per heavy atom. The summed E-state index contributed by atoms with van der Waals surface area (Å²) in [6, 6.07) is 27.6. The van der Waals surface area contributed by atoms with Crippen molar-refractivity contribution in [3.8, 4) is 0 Å². The molecule has 7 heteroatoms. The monoisotopic (exact) mass is 508 g/mol. The second kappa shape index (κ2) is 11.3. The average Bonchev–Trinajstić information content (AvgIpc) is 2.93. The smallest absolute Gasteiger partial charge is 0.310 e. The summed E-state index contributed by atoms with van der Waals surface area (Å²) in [5.41, 5.74) is 3.20. The van der Waals surface area contributed by atoms with E-state index in [-0.39, 0.29) is 17.6 Å². The standard InChI is InChI=1S/C16H14O3.C15H10O4/c1-11(16(18)19)13-8-5-9-14(10-13)15(17)12-6-3-2-4-7-12;16-14(17)8-9-5-6-13-11(7-9)15(18)10-3-1-2-4-12(10)19-13/h2-11H,1H3,(H,18,19);1-7H,8H2,(H,16,17). The van der Waals surface area contributed by atoms with Crippen molar-refractivity contribution in [1.29, 1.82) is 0 Å². The number of rotatable bonds is 6. The van der Waals surface area contributed by atoms with Crippen LogP contribution < -0.4 is 5.43 Å². The Balaban J connectivity index is 0.000000177. The molecule has 0 bridgehead atoms. The predicted octanol–water partition coefficient (Wildman–Crippen LogP) is 5.68. The lowest BCUT2D eigenvalue weighted by atomic mass is 9.96. The van der Waals surface area contributed by atoms with Crippen LogP contribution in [-0.2, 0) is 16.0 Å². The van der Waals surface area contributed by atoms with Gasteiger partial charge in [-0.05, 0) is 48.4 Å². The Labute approximate surface area is 217 Å². The maximum absolute atomic E-state index is 12.3. The van der Waals surface area contributed by atoms with Crippen LogP contribution in [0.4, 0.5) is 0 Å². The van der Waals surface area contributed by atoms with Gasteiger partial charge in [0.1, 0.15) is 11.2 Å². The Kier molecular flexibility index (Phi) is 7.77. The number of aliphatic carboxylic acids is 2. The van der Waals surface area contributed by atoms with Crippen LogP contribution in [-0.4, -0.2) is 27.9 Å². The molecular weight excluding hydrogens is 484 g/mol. The molecule has 0 radical (unpaired) electrons. The fourth-order valence-electron chi connectivity index (χ4n) is 3.98. The van der Waals surface area contributed by atoms with E-state index in [9.17, 15) is 19.2 Å². The second-order valence-electron chi connectivity index (χ2n) is 8.71. The molecule has 0 amide bonds. The molecule has 0 fully saturated rings. The van der Waals surface area contributed by atoms with E-state index in [1.165, 1.54) is 0 Å². The van der Waals surface area contributed by atoms with Crippen LogP contribution in [0, 0.1) is 0 Å². The molecule has 4 aromatic carbocycles. The van der Waals surface area contributed by atoms with Crippen LogP contribution >= 0.6 is 0 Å². The van der Waals surface area contributed by atoms with Gasteiger partial charge in [0.25, 0.3) is 0 Å². The Morgan fingerprint density at radius 3 is 2.11 bits per heavy atom. The summed E-state index contributed by atoms with van der Waals surface area (Å²) in [4.78, 5) is 46.2. The number of hydrogen-bond donors (Lipinski definition) is 2. The molecule has 190 valence electrons. The van der Waals surface area contributed by atoms with Crippen molar-refractivity contribution in [2.24, 2.45) is 0 Å². The first-order valence-electron chi connectivity index (χ1n) is 11.8. The third-order valence-corrected chi connectivity index (χ3v) is 6.05. The van der Waals surface area contributed by atoms with E-state index in [4.69, 9.17) is 14.6 Å². The Morgan fingerprint density at radius 1 is 0.737 bits per heavy atom. The zero-order valence-electron chi connectivity index (χ0n) is 20.5. The molecule has 0 saturated heterocycles. The molecule has 38 heavy (non-hydrogen) atoms. The number of carbonyl (C=O) groups is 3. The van der Waals surface area contributed by atoms with Crippen LogP contribution in [0.2, 0.25) is 0 Å². The summed E-state index contributed by atoms with van der Waals surface area (Å²) in [6.45, 7) is 1.61. The molecule has 0 spiro atoms. The highest BCUT2D eigenvalue weighted by molar-refractivity contribution is 6.09. The number of benzene rings is 4. The van der Waals surface area contributed by atoms with Gasteiger partial charge in [-0.1, -0.05) is 66.7 Å². The quantitative estimate of drug-likeness (QED) is 0.224. The summed E-state index contributed by atoms with van der Waals surface area (Å²) in [5.74, 6) is -2.54. The van der Waals surface area contributed by atoms with Gasteiger partial charge in [-0.3, -0.25) is 19.2 Å². The van der Waals surface area contributed by atoms with Crippen molar-refractivity contribution in [3.05, 3.63) is 130 Å². The third kappa shape index (κ3) is 5.84. The van der Waals surface area contributed by atoms with Crippen LogP contribution in [0.5, 0.6) is 0 Å². The van der Waals surface area contributed by atoms with Crippen LogP contribution in [0.3, 0.4) is 0 Å². The molecule has 5 aromatic rings. The summed E-state index contributed by atoms with van der Waals surface area (Å²) in [7, 11) is 0. The zero-order chi connectivity index (χ0) is 27.2. The molecule has 0 aliphatic carbocycles. The molecule has 1 heterocycles. The van der Waals surface area contributed by atoms with Crippen molar-refractivity contribution in [1.82, 2.24) is 0 Å². The Hall–Kier alpha value is -5.04. The number of hydrogen-bond acceptors (Lipinski definition) is 5. The van der Waals surface area contributed by atoms with E-state index in [1.807, 2.05) is 6.07 Å². The summed E-state index contributed by atoms with van der Waals surface area (Å²) >= 11 is 0. The van der Waals surface area contributed by atoms with Crippen molar-refractivity contribution in [2.45, 2.75) is 19.3 Å². The molecule has 1 atom stereocenters. The van der Waals surface area contributed by atoms with Gasteiger partial charge in [-0.2, -0.15) is 0 Å².